The highest BCUT2D eigenvalue weighted by Gasteiger charge is 2.30. The van der Waals surface area contributed by atoms with Crippen LogP contribution in [0, 0.1) is 6.92 Å². The van der Waals surface area contributed by atoms with Crippen LogP contribution in [0.1, 0.15) is 26.5 Å². The lowest BCUT2D eigenvalue weighted by Crippen LogP contribution is -2.22. The fraction of sp³-hybridized carbons (Fsp3) is 0.176. The summed E-state index contributed by atoms with van der Waals surface area (Å²) in [5.41, 5.74) is 0.149. The summed E-state index contributed by atoms with van der Waals surface area (Å²) in [6.07, 6.45) is -2.87. The van der Waals surface area contributed by atoms with Crippen molar-refractivity contribution in [3.63, 3.8) is 0 Å². The molecule has 0 bridgehead atoms. The summed E-state index contributed by atoms with van der Waals surface area (Å²) in [7, 11) is 0. The summed E-state index contributed by atoms with van der Waals surface area (Å²) in [4.78, 5) is 17.3. The monoisotopic (exact) mass is 366 g/mol. The zero-order valence-corrected chi connectivity index (χ0v) is 13.9. The number of thiazole rings is 1. The maximum absolute atomic E-state index is 12.5. The van der Waals surface area contributed by atoms with Gasteiger partial charge >= 0.3 is 6.18 Å². The maximum Gasteiger partial charge on any atom is 0.416 e. The SMILES string of the molecule is Cc1nc(-c2ccco2)sc1CNC(=O)c1ccc(C(F)(F)F)cc1. The van der Waals surface area contributed by atoms with E-state index in [4.69, 9.17) is 4.42 Å². The number of nitrogens with one attached hydrogen (secondary N) is 1. The first-order valence-corrected chi connectivity index (χ1v) is 8.12. The van der Waals surface area contributed by atoms with Crippen LogP contribution in [0.25, 0.3) is 10.8 Å². The first-order chi connectivity index (χ1) is 11.8. The van der Waals surface area contributed by atoms with Crippen molar-refractivity contribution in [1.29, 1.82) is 0 Å². The molecule has 0 aliphatic carbocycles. The number of halogens is 3. The average Bonchev–Trinajstić information content (AvgIpc) is 3.21. The molecule has 4 nitrogen and oxygen atoms in total. The number of amides is 1. The maximum atomic E-state index is 12.5. The number of aromatic nitrogens is 1. The zero-order chi connectivity index (χ0) is 18.0. The summed E-state index contributed by atoms with van der Waals surface area (Å²) in [6.45, 7) is 2.06. The molecule has 1 amide bonds. The molecular formula is C17H13F3N2O2S. The summed E-state index contributed by atoms with van der Waals surface area (Å²) < 4.78 is 42.9. The third-order valence-corrected chi connectivity index (χ3v) is 4.68. The van der Waals surface area contributed by atoms with E-state index in [9.17, 15) is 18.0 Å². The molecule has 8 heteroatoms. The molecule has 0 aliphatic rings. The van der Waals surface area contributed by atoms with Crippen LogP contribution in [-0.4, -0.2) is 10.9 Å². The van der Waals surface area contributed by atoms with Crippen molar-refractivity contribution in [2.45, 2.75) is 19.6 Å². The standard InChI is InChI=1S/C17H13F3N2O2S/c1-10-14(25-16(22-10)13-3-2-8-24-13)9-21-15(23)11-4-6-12(7-5-11)17(18,19)20/h2-8H,9H2,1H3,(H,21,23). The van der Waals surface area contributed by atoms with Crippen LogP contribution in [0.5, 0.6) is 0 Å². The number of rotatable bonds is 4. The molecule has 0 unspecified atom stereocenters. The van der Waals surface area contributed by atoms with E-state index in [-0.39, 0.29) is 12.1 Å². The number of carbonyl (C=O) groups excluding carboxylic acids is 1. The van der Waals surface area contributed by atoms with E-state index in [2.05, 4.69) is 10.3 Å². The van der Waals surface area contributed by atoms with Gasteiger partial charge in [0, 0.05) is 10.4 Å². The van der Waals surface area contributed by atoms with Crippen molar-refractivity contribution in [1.82, 2.24) is 10.3 Å². The van der Waals surface area contributed by atoms with Crippen LogP contribution in [0.4, 0.5) is 13.2 Å². The van der Waals surface area contributed by atoms with Crippen molar-refractivity contribution in [2.75, 3.05) is 0 Å². The molecule has 3 rings (SSSR count). The van der Waals surface area contributed by atoms with Crippen LogP contribution in [0.3, 0.4) is 0 Å². The Morgan fingerprint density at radius 1 is 1.24 bits per heavy atom. The molecule has 0 aliphatic heterocycles. The quantitative estimate of drug-likeness (QED) is 0.731. The molecule has 2 aromatic heterocycles. The topological polar surface area (TPSA) is 55.1 Å². The molecule has 25 heavy (non-hydrogen) atoms. The molecule has 0 saturated heterocycles. The highest BCUT2D eigenvalue weighted by atomic mass is 32.1. The number of aryl methyl sites for hydroxylation is 1. The van der Waals surface area contributed by atoms with Gasteiger partial charge in [-0.3, -0.25) is 4.79 Å². The van der Waals surface area contributed by atoms with Gasteiger partial charge in [-0.05, 0) is 43.3 Å². The fourth-order valence-corrected chi connectivity index (χ4v) is 3.14. The van der Waals surface area contributed by atoms with E-state index >= 15 is 0 Å². The van der Waals surface area contributed by atoms with Gasteiger partial charge < -0.3 is 9.73 Å². The van der Waals surface area contributed by atoms with E-state index in [0.717, 1.165) is 34.8 Å². The summed E-state index contributed by atoms with van der Waals surface area (Å²) in [5.74, 6) is 0.203. The number of carbonyl (C=O) groups is 1. The number of hydrogen-bond donors (Lipinski definition) is 1. The molecule has 3 aromatic rings. The predicted octanol–water partition coefficient (Wildman–Crippen LogP) is 4.66. The van der Waals surface area contributed by atoms with Gasteiger partial charge in [-0.1, -0.05) is 0 Å². The molecule has 0 radical (unpaired) electrons. The van der Waals surface area contributed by atoms with Crippen LogP contribution < -0.4 is 5.32 Å². The Hall–Kier alpha value is -2.61. The van der Waals surface area contributed by atoms with Gasteiger partial charge in [0.25, 0.3) is 5.91 Å². The van der Waals surface area contributed by atoms with Gasteiger partial charge in [0.1, 0.15) is 0 Å². The van der Waals surface area contributed by atoms with Crippen molar-refractivity contribution >= 4 is 17.2 Å². The molecule has 130 valence electrons. The van der Waals surface area contributed by atoms with Gasteiger partial charge in [0.15, 0.2) is 10.8 Å². The van der Waals surface area contributed by atoms with Gasteiger partial charge in [0.2, 0.25) is 0 Å². The van der Waals surface area contributed by atoms with Crippen molar-refractivity contribution in [3.8, 4) is 10.8 Å². The fourth-order valence-electron chi connectivity index (χ4n) is 2.17. The van der Waals surface area contributed by atoms with Crippen molar-refractivity contribution in [3.05, 3.63) is 64.4 Å². The minimum Gasteiger partial charge on any atom is -0.462 e. The summed E-state index contributed by atoms with van der Waals surface area (Å²) in [5, 5.41) is 3.40. The van der Waals surface area contributed by atoms with E-state index in [1.54, 1.807) is 18.4 Å². The molecule has 0 spiro atoms. The lowest BCUT2D eigenvalue weighted by molar-refractivity contribution is -0.137. The number of nitrogens with zero attached hydrogens (tertiary/aromatic N) is 1. The molecule has 1 N–H and O–H groups in total. The van der Waals surface area contributed by atoms with Crippen LogP contribution in [-0.2, 0) is 12.7 Å². The van der Waals surface area contributed by atoms with E-state index in [1.807, 2.05) is 6.92 Å². The molecule has 2 heterocycles. The number of furan rings is 1. The van der Waals surface area contributed by atoms with Crippen LogP contribution >= 0.6 is 11.3 Å². The van der Waals surface area contributed by atoms with Crippen LogP contribution in [0.15, 0.2) is 47.1 Å². The Kier molecular flexibility index (Phi) is 4.63. The van der Waals surface area contributed by atoms with Crippen LogP contribution in [0.2, 0.25) is 0 Å². The lowest BCUT2D eigenvalue weighted by atomic mass is 10.1. The van der Waals surface area contributed by atoms with E-state index in [0.29, 0.717) is 10.8 Å². The van der Waals surface area contributed by atoms with Crippen molar-refractivity contribution < 1.29 is 22.4 Å². The minimum atomic E-state index is -4.42. The Bertz CT molecular complexity index is 868. The molecule has 1 aromatic carbocycles. The number of hydrogen-bond acceptors (Lipinski definition) is 4. The minimum absolute atomic E-state index is 0.168. The second kappa shape index (κ2) is 6.72. The van der Waals surface area contributed by atoms with Gasteiger partial charge in [-0.2, -0.15) is 13.2 Å². The first kappa shape index (κ1) is 17.2. The Labute approximate surface area is 145 Å². The predicted molar refractivity (Wildman–Crippen MR) is 87.2 cm³/mol. The summed E-state index contributed by atoms with van der Waals surface area (Å²) >= 11 is 1.39. The zero-order valence-electron chi connectivity index (χ0n) is 13.1. The van der Waals surface area contributed by atoms with E-state index in [1.165, 1.54) is 11.3 Å². The molecule has 0 saturated carbocycles. The van der Waals surface area contributed by atoms with Gasteiger partial charge in [-0.25, -0.2) is 4.98 Å². The summed E-state index contributed by atoms with van der Waals surface area (Å²) in [6, 6.07) is 7.66. The number of benzene rings is 1. The van der Waals surface area contributed by atoms with Gasteiger partial charge in [0.05, 0.1) is 24.1 Å². The number of alkyl halides is 3. The smallest absolute Gasteiger partial charge is 0.416 e. The largest absolute Gasteiger partial charge is 0.462 e. The molecule has 0 atom stereocenters. The third kappa shape index (κ3) is 3.90. The highest BCUT2D eigenvalue weighted by Crippen LogP contribution is 2.29. The second-order valence-corrected chi connectivity index (χ2v) is 6.35. The lowest BCUT2D eigenvalue weighted by Gasteiger charge is -2.08. The molecular weight excluding hydrogens is 353 g/mol. The third-order valence-electron chi connectivity index (χ3n) is 3.51. The van der Waals surface area contributed by atoms with Gasteiger partial charge in [-0.15, -0.1) is 11.3 Å². The Balaban J connectivity index is 1.66. The molecule has 0 fully saturated rings. The average molecular weight is 366 g/mol. The second-order valence-electron chi connectivity index (χ2n) is 5.26. The Morgan fingerprint density at radius 3 is 2.56 bits per heavy atom. The Morgan fingerprint density at radius 2 is 1.96 bits per heavy atom. The van der Waals surface area contributed by atoms with Crippen molar-refractivity contribution in [2.24, 2.45) is 0 Å². The highest BCUT2D eigenvalue weighted by molar-refractivity contribution is 7.15. The first-order valence-electron chi connectivity index (χ1n) is 7.30. The normalized spacial score (nSPS) is 11.5. The van der Waals surface area contributed by atoms with E-state index < -0.39 is 17.6 Å².